The van der Waals surface area contributed by atoms with Crippen molar-refractivity contribution in [2.24, 2.45) is 0 Å². The van der Waals surface area contributed by atoms with Crippen molar-refractivity contribution in [3.8, 4) is 17.0 Å². The molecule has 3 aromatic rings. The Kier molecular flexibility index (Phi) is 5.65. The van der Waals surface area contributed by atoms with Crippen LogP contribution in [-0.2, 0) is 10.0 Å². The molecule has 156 valence electrons. The number of nitrogens with one attached hydrogen (secondary N) is 1. The SMILES string of the molecule is COc1ncc(-c2ccc([N+](=O)[O-])c(F)c2)cc1NS(=O)(=O)c1ccc(C)cc1F. The normalized spacial score (nSPS) is 11.2. The van der Waals surface area contributed by atoms with Crippen molar-refractivity contribution >= 4 is 21.4 Å². The van der Waals surface area contributed by atoms with Gasteiger partial charge in [-0.2, -0.15) is 4.39 Å². The minimum absolute atomic E-state index is 0.0998. The maximum absolute atomic E-state index is 14.2. The average Bonchev–Trinajstić information content (AvgIpc) is 2.66. The molecule has 1 aromatic heterocycles. The number of hydrogen-bond acceptors (Lipinski definition) is 6. The van der Waals surface area contributed by atoms with Crippen LogP contribution in [0.5, 0.6) is 5.88 Å². The van der Waals surface area contributed by atoms with Crippen LogP contribution in [0.4, 0.5) is 20.2 Å². The van der Waals surface area contributed by atoms with Crippen LogP contribution < -0.4 is 9.46 Å². The molecule has 11 heteroatoms. The number of nitro benzene ring substituents is 1. The Bertz CT molecular complexity index is 1250. The highest BCUT2D eigenvalue weighted by Gasteiger charge is 2.22. The van der Waals surface area contributed by atoms with Gasteiger partial charge in [0.05, 0.1) is 12.0 Å². The lowest BCUT2D eigenvalue weighted by atomic mass is 10.1. The number of sulfonamides is 1. The van der Waals surface area contributed by atoms with Crippen LogP contribution in [0.2, 0.25) is 0 Å². The molecule has 0 radical (unpaired) electrons. The van der Waals surface area contributed by atoms with E-state index < -0.39 is 37.2 Å². The summed E-state index contributed by atoms with van der Waals surface area (Å²) in [5.41, 5.74) is 0.208. The smallest absolute Gasteiger partial charge is 0.304 e. The van der Waals surface area contributed by atoms with Gasteiger partial charge < -0.3 is 4.74 Å². The number of nitrogens with zero attached hydrogens (tertiary/aromatic N) is 2. The van der Waals surface area contributed by atoms with Gasteiger partial charge >= 0.3 is 5.69 Å². The van der Waals surface area contributed by atoms with E-state index in [1.54, 1.807) is 6.92 Å². The van der Waals surface area contributed by atoms with Crippen LogP contribution in [-0.4, -0.2) is 25.4 Å². The topological polar surface area (TPSA) is 111 Å². The van der Waals surface area contributed by atoms with Crippen molar-refractivity contribution in [1.82, 2.24) is 4.98 Å². The quantitative estimate of drug-likeness (QED) is 0.462. The molecule has 2 aromatic carbocycles. The minimum atomic E-state index is -4.33. The summed E-state index contributed by atoms with van der Waals surface area (Å²) in [5.74, 6) is -2.09. The maximum atomic E-state index is 14.2. The van der Waals surface area contributed by atoms with Crippen LogP contribution in [0.25, 0.3) is 11.1 Å². The van der Waals surface area contributed by atoms with Gasteiger partial charge in [-0.15, -0.1) is 0 Å². The zero-order chi connectivity index (χ0) is 22.1. The highest BCUT2D eigenvalue weighted by molar-refractivity contribution is 7.92. The molecule has 0 saturated heterocycles. The van der Waals surface area contributed by atoms with Crippen molar-refractivity contribution in [2.75, 3.05) is 11.8 Å². The van der Waals surface area contributed by atoms with E-state index in [0.29, 0.717) is 5.56 Å². The second kappa shape index (κ2) is 8.03. The number of pyridine rings is 1. The maximum Gasteiger partial charge on any atom is 0.304 e. The first-order valence-corrected chi connectivity index (χ1v) is 9.88. The summed E-state index contributed by atoms with van der Waals surface area (Å²) in [6, 6.07) is 8.17. The molecule has 3 rings (SSSR count). The molecule has 30 heavy (non-hydrogen) atoms. The lowest BCUT2D eigenvalue weighted by Gasteiger charge is -2.13. The largest absolute Gasteiger partial charge is 0.480 e. The highest BCUT2D eigenvalue weighted by atomic mass is 32.2. The number of rotatable bonds is 6. The lowest BCUT2D eigenvalue weighted by molar-refractivity contribution is -0.387. The number of aryl methyl sites for hydroxylation is 1. The van der Waals surface area contributed by atoms with E-state index in [4.69, 9.17) is 4.74 Å². The van der Waals surface area contributed by atoms with Crippen molar-refractivity contribution in [1.29, 1.82) is 0 Å². The number of halogens is 2. The monoisotopic (exact) mass is 435 g/mol. The van der Waals surface area contributed by atoms with Crippen LogP contribution in [0.1, 0.15) is 5.56 Å². The molecule has 0 spiro atoms. The number of aromatic nitrogens is 1. The van der Waals surface area contributed by atoms with E-state index >= 15 is 0 Å². The molecule has 0 aliphatic rings. The number of benzene rings is 2. The van der Waals surface area contributed by atoms with Gasteiger partial charge in [0, 0.05) is 17.8 Å². The van der Waals surface area contributed by atoms with E-state index in [-0.39, 0.29) is 22.7 Å². The zero-order valence-corrected chi connectivity index (χ0v) is 16.5. The minimum Gasteiger partial charge on any atom is -0.480 e. The molecular weight excluding hydrogens is 420 g/mol. The van der Waals surface area contributed by atoms with E-state index in [0.717, 1.165) is 24.3 Å². The third kappa shape index (κ3) is 4.20. The number of hydrogen-bond donors (Lipinski definition) is 1. The van der Waals surface area contributed by atoms with Gasteiger partial charge in [-0.05, 0) is 48.4 Å². The lowest BCUT2D eigenvalue weighted by Crippen LogP contribution is -2.15. The number of anilines is 1. The number of methoxy groups -OCH3 is 1. The second-order valence-corrected chi connectivity index (χ2v) is 7.89. The van der Waals surface area contributed by atoms with Crippen molar-refractivity contribution < 1.29 is 26.9 Å². The van der Waals surface area contributed by atoms with Crippen LogP contribution in [0.15, 0.2) is 53.6 Å². The first kappa shape index (κ1) is 21.1. The Balaban J connectivity index is 2.03. The van der Waals surface area contributed by atoms with Gasteiger partial charge in [0.2, 0.25) is 11.7 Å². The summed E-state index contributed by atoms with van der Waals surface area (Å²) in [5, 5.41) is 10.8. The van der Waals surface area contributed by atoms with Gasteiger partial charge in [-0.25, -0.2) is 17.8 Å². The molecule has 8 nitrogen and oxygen atoms in total. The third-order valence-corrected chi connectivity index (χ3v) is 5.54. The van der Waals surface area contributed by atoms with Crippen molar-refractivity contribution in [3.63, 3.8) is 0 Å². The molecule has 0 aliphatic heterocycles. The van der Waals surface area contributed by atoms with Crippen LogP contribution in [0.3, 0.4) is 0 Å². The fourth-order valence-corrected chi connectivity index (χ4v) is 3.81. The van der Waals surface area contributed by atoms with E-state index in [9.17, 15) is 27.3 Å². The molecule has 0 atom stereocenters. The van der Waals surface area contributed by atoms with Gasteiger partial charge in [-0.1, -0.05) is 6.07 Å². The summed E-state index contributed by atoms with van der Waals surface area (Å²) in [7, 11) is -3.07. The predicted octanol–water partition coefficient (Wildman–Crippen LogP) is 4.05. The van der Waals surface area contributed by atoms with Gasteiger partial charge in [-0.3, -0.25) is 14.8 Å². The van der Waals surface area contributed by atoms with Gasteiger partial charge in [0.25, 0.3) is 10.0 Å². The third-order valence-electron chi connectivity index (χ3n) is 4.14. The van der Waals surface area contributed by atoms with E-state index in [2.05, 4.69) is 9.71 Å². The van der Waals surface area contributed by atoms with E-state index in [1.165, 1.54) is 31.5 Å². The molecule has 0 aliphatic carbocycles. The molecule has 0 unspecified atom stereocenters. The Morgan fingerprint density at radius 1 is 1.07 bits per heavy atom. The van der Waals surface area contributed by atoms with Crippen molar-refractivity contribution in [3.05, 3.63) is 76.0 Å². The summed E-state index contributed by atoms with van der Waals surface area (Å²) < 4.78 is 60.7. The Morgan fingerprint density at radius 2 is 1.80 bits per heavy atom. The highest BCUT2D eigenvalue weighted by Crippen LogP contribution is 2.32. The molecule has 1 N–H and O–H groups in total. The molecular formula is C19H15F2N3O5S. The fourth-order valence-electron chi connectivity index (χ4n) is 2.70. The first-order chi connectivity index (χ1) is 14.1. The summed E-state index contributed by atoms with van der Waals surface area (Å²) >= 11 is 0. The molecule has 0 bridgehead atoms. The first-order valence-electron chi connectivity index (χ1n) is 8.39. The summed E-state index contributed by atoms with van der Waals surface area (Å²) in [6.45, 7) is 1.62. The van der Waals surface area contributed by atoms with Crippen LogP contribution >= 0.6 is 0 Å². The Hall–Kier alpha value is -3.60. The van der Waals surface area contributed by atoms with Gasteiger partial charge in [0.1, 0.15) is 16.4 Å². The summed E-state index contributed by atoms with van der Waals surface area (Å²) in [6.07, 6.45) is 1.28. The zero-order valence-electron chi connectivity index (χ0n) is 15.7. The Labute approximate surface area is 170 Å². The Morgan fingerprint density at radius 3 is 2.40 bits per heavy atom. The van der Waals surface area contributed by atoms with Crippen molar-refractivity contribution in [2.45, 2.75) is 11.8 Å². The number of nitro groups is 1. The molecule has 0 amide bonds. The van der Waals surface area contributed by atoms with Crippen LogP contribution in [0, 0.1) is 28.7 Å². The molecule has 0 saturated carbocycles. The average molecular weight is 435 g/mol. The summed E-state index contributed by atoms with van der Waals surface area (Å²) in [4.78, 5) is 13.3. The standard InChI is InChI=1S/C19H15F2N3O5S/c1-11-3-6-18(15(21)7-11)30(27,28)23-16-9-13(10-22-19(16)29-2)12-4-5-17(24(25)26)14(20)8-12/h3-10,23H,1-2H3. The molecule has 1 heterocycles. The molecule has 0 fully saturated rings. The number of ether oxygens (including phenoxy) is 1. The fraction of sp³-hybridized carbons (Fsp3) is 0.105. The van der Waals surface area contributed by atoms with Gasteiger partial charge in [0.15, 0.2) is 0 Å². The predicted molar refractivity (Wildman–Crippen MR) is 105 cm³/mol. The van der Waals surface area contributed by atoms with E-state index in [1.807, 2.05) is 0 Å². The second-order valence-electron chi connectivity index (χ2n) is 6.24.